The molecule has 0 saturated carbocycles. The summed E-state index contributed by atoms with van der Waals surface area (Å²) in [5, 5.41) is 2.87. The summed E-state index contributed by atoms with van der Waals surface area (Å²) >= 11 is 6.17. The first kappa shape index (κ1) is 18.7. The van der Waals surface area contributed by atoms with Gasteiger partial charge >= 0.3 is 11.9 Å². The average Bonchev–Trinajstić information content (AvgIpc) is 2.53. The largest absolute Gasteiger partial charge is 0.465 e. The Balaban J connectivity index is 3.04. The van der Waals surface area contributed by atoms with Gasteiger partial charge in [0.05, 0.1) is 30.0 Å². The second-order valence-electron chi connectivity index (χ2n) is 4.55. The zero-order valence-corrected chi connectivity index (χ0v) is 13.9. The van der Waals surface area contributed by atoms with Crippen LogP contribution in [0.1, 0.15) is 30.6 Å². The zero-order valence-electron chi connectivity index (χ0n) is 13.1. The second-order valence-corrected chi connectivity index (χ2v) is 4.93. The standard InChI is InChI=1S/C16H18ClNO5/c1-4-8-23-16(21)11-6-5-7-13(14(11)17)18-9-12(10(2)19)15(20)22-3/h5-7,9,18H,4,8H2,1-3H3. The number of carbonyl (C=O) groups excluding carboxylic acids is 3. The van der Waals surface area contributed by atoms with Gasteiger partial charge in [-0.05, 0) is 25.5 Å². The smallest absolute Gasteiger partial charge is 0.342 e. The highest BCUT2D eigenvalue weighted by atomic mass is 35.5. The fraction of sp³-hybridized carbons (Fsp3) is 0.312. The van der Waals surface area contributed by atoms with E-state index < -0.39 is 17.7 Å². The van der Waals surface area contributed by atoms with Crippen LogP contribution >= 0.6 is 11.6 Å². The third-order valence-electron chi connectivity index (χ3n) is 2.81. The molecular formula is C16H18ClNO5. The fourth-order valence-corrected chi connectivity index (χ4v) is 1.90. The van der Waals surface area contributed by atoms with Gasteiger partial charge in [-0.15, -0.1) is 0 Å². The Kier molecular flexibility index (Phi) is 7.28. The zero-order chi connectivity index (χ0) is 17.4. The van der Waals surface area contributed by atoms with E-state index in [1.807, 2.05) is 6.92 Å². The van der Waals surface area contributed by atoms with Crippen molar-refractivity contribution >= 4 is 35.0 Å². The van der Waals surface area contributed by atoms with Crippen LogP contribution in [0.4, 0.5) is 5.69 Å². The number of ketones is 1. The molecule has 0 unspecified atom stereocenters. The van der Waals surface area contributed by atoms with Crippen molar-refractivity contribution in [3.05, 3.63) is 40.6 Å². The summed E-state index contributed by atoms with van der Waals surface area (Å²) in [7, 11) is 1.18. The topological polar surface area (TPSA) is 81.7 Å². The third-order valence-corrected chi connectivity index (χ3v) is 3.22. The number of nitrogens with one attached hydrogen (secondary N) is 1. The van der Waals surface area contributed by atoms with Gasteiger partial charge in [0.15, 0.2) is 5.78 Å². The molecule has 0 aliphatic rings. The molecule has 0 heterocycles. The highest BCUT2D eigenvalue weighted by Crippen LogP contribution is 2.27. The molecule has 0 amide bonds. The van der Waals surface area contributed by atoms with Gasteiger partial charge in [-0.25, -0.2) is 9.59 Å². The number of carbonyl (C=O) groups is 3. The number of rotatable bonds is 7. The normalized spacial score (nSPS) is 10.9. The van der Waals surface area contributed by atoms with Crippen LogP contribution in [0.25, 0.3) is 0 Å². The first-order valence-electron chi connectivity index (χ1n) is 6.94. The van der Waals surface area contributed by atoms with Gasteiger partial charge in [0.1, 0.15) is 5.57 Å². The highest BCUT2D eigenvalue weighted by molar-refractivity contribution is 6.36. The molecule has 0 bridgehead atoms. The number of benzene rings is 1. The minimum atomic E-state index is -0.764. The second kappa shape index (κ2) is 8.95. The van der Waals surface area contributed by atoms with Crippen LogP contribution in [-0.2, 0) is 19.1 Å². The SMILES string of the molecule is CCCOC(=O)c1cccc(NC=C(C(C)=O)C(=O)OC)c1Cl. The Labute approximate surface area is 139 Å². The monoisotopic (exact) mass is 339 g/mol. The van der Waals surface area contributed by atoms with E-state index in [4.69, 9.17) is 16.3 Å². The molecule has 0 aromatic heterocycles. The predicted molar refractivity (Wildman–Crippen MR) is 86.4 cm³/mol. The lowest BCUT2D eigenvalue weighted by Crippen LogP contribution is -2.13. The molecule has 1 N–H and O–H groups in total. The van der Waals surface area contributed by atoms with Crippen molar-refractivity contribution in [1.29, 1.82) is 0 Å². The van der Waals surface area contributed by atoms with E-state index in [0.29, 0.717) is 18.7 Å². The van der Waals surface area contributed by atoms with Crippen molar-refractivity contribution in [1.82, 2.24) is 0 Å². The van der Waals surface area contributed by atoms with Crippen LogP contribution in [0.3, 0.4) is 0 Å². The molecular weight excluding hydrogens is 322 g/mol. The summed E-state index contributed by atoms with van der Waals surface area (Å²) in [6, 6.07) is 4.74. The van der Waals surface area contributed by atoms with E-state index in [1.54, 1.807) is 12.1 Å². The van der Waals surface area contributed by atoms with E-state index in [2.05, 4.69) is 10.1 Å². The quantitative estimate of drug-likeness (QED) is 0.356. The number of hydrogen-bond donors (Lipinski definition) is 1. The maximum atomic E-state index is 11.9. The summed E-state index contributed by atoms with van der Waals surface area (Å²) in [6.07, 6.45) is 1.89. The molecule has 1 aromatic rings. The average molecular weight is 340 g/mol. The minimum absolute atomic E-state index is 0.137. The van der Waals surface area contributed by atoms with Gasteiger partial charge in [0.25, 0.3) is 0 Å². The van der Waals surface area contributed by atoms with Gasteiger partial charge in [-0.3, -0.25) is 4.79 Å². The Hall–Kier alpha value is -2.34. The molecule has 0 atom stereocenters. The van der Waals surface area contributed by atoms with Gasteiger partial charge in [-0.1, -0.05) is 24.6 Å². The van der Waals surface area contributed by atoms with Crippen LogP contribution in [0.2, 0.25) is 5.02 Å². The fourth-order valence-electron chi connectivity index (χ4n) is 1.64. The lowest BCUT2D eigenvalue weighted by Gasteiger charge is -2.10. The van der Waals surface area contributed by atoms with Crippen molar-refractivity contribution in [2.24, 2.45) is 0 Å². The molecule has 1 aromatic carbocycles. The number of anilines is 1. The molecule has 1 rings (SSSR count). The van der Waals surface area contributed by atoms with Gasteiger partial charge in [-0.2, -0.15) is 0 Å². The number of hydrogen-bond acceptors (Lipinski definition) is 6. The van der Waals surface area contributed by atoms with Crippen LogP contribution in [0.15, 0.2) is 30.0 Å². The molecule has 0 aliphatic heterocycles. The maximum Gasteiger partial charge on any atom is 0.342 e. The number of ether oxygens (including phenoxy) is 2. The first-order valence-corrected chi connectivity index (χ1v) is 7.31. The summed E-state index contributed by atoms with van der Waals surface area (Å²) in [5.74, 6) is -1.76. The van der Waals surface area contributed by atoms with E-state index in [0.717, 1.165) is 0 Å². The molecule has 124 valence electrons. The lowest BCUT2D eigenvalue weighted by atomic mass is 10.2. The Morgan fingerprint density at radius 3 is 2.57 bits per heavy atom. The molecule has 0 spiro atoms. The first-order chi connectivity index (χ1) is 10.9. The minimum Gasteiger partial charge on any atom is -0.465 e. The number of Topliss-reactive ketones (excluding diaryl/α,β-unsaturated/α-hetero) is 1. The van der Waals surface area contributed by atoms with Crippen LogP contribution in [0, 0.1) is 0 Å². The Morgan fingerprint density at radius 2 is 2.00 bits per heavy atom. The highest BCUT2D eigenvalue weighted by Gasteiger charge is 2.17. The third kappa shape index (κ3) is 5.10. The number of methoxy groups -OCH3 is 1. The summed E-state index contributed by atoms with van der Waals surface area (Å²) < 4.78 is 9.56. The van der Waals surface area contributed by atoms with Gasteiger partial charge < -0.3 is 14.8 Å². The molecule has 23 heavy (non-hydrogen) atoms. The van der Waals surface area contributed by atoms with Crippen molar-refractivity contribution < 1.29 is 23.9 Å². The van der Waals surface area contributed by atoms with Gasteiger partial charge in [0, 0.05) is 6.20 Å². The van der Waals surface area contributed by atoms with Crippen LogP contribution in [-0.4, -0.2) is 31.4 Å². The van der Waals surface area contributed by atoms with Crippen molar-refractivity contribution in [3.63, 3.8) is 0 Å². The molecule has 7 heteroatoms. The van der Waals surface area contributed by atoms with Crippen molar-refractivity contribution in [3.8, 4) is 0 Å². The lowest BCUT2D eigenvalue weighted by molar-refractivity contribution is -0.137. The van der Waals surface area contributed by atoms with Crippen molar-refractivity contribution in [2.45, 2.75) is 20.3 Å². The molecule has 0 saturated heterocycles. The summed E-state index contributed by atoms with van der Waals surface area (Å²) in [6.45, 7) is 3.42. The number of esters is 2. The predicted octanol–water partition coefficient (Wildman–Crippen LogP) is 2.96. The Morgan fingerprint density at radius 1 is 1.30 bits per heavy atom. The molecule has 0 fully saturated rings. The van der Waals surface area contributed by atoms with E-state index in [-0.39, 0.29) is 16.2 Å². The Bertz CT molecular complexity index is 639. The van der Waals surface area contributed by atoms with E-state index in [1.165, 1.54) is 26.3 Å². The van der Waals surface area contributed by atoms with Crippen molar-refractivity contribution in [2.75, 3.05) is 19.0 Å². The maximum absolute atomic E-state index is 11.9. The van der Waals surface area contributed by atoms with Crippen LogP contribution < -0.4 is 5.32 Å². The number of halogens is 1. The van der Waals surface area contributed by atoms with Gasteiger partial charge in [0.2, 0.25) is 0 Å². The van der Waals surface area contributed by atoms with E-state index in [9.17, 15) is 14.4 Å². The summed E-state index contributed by atoms with van der Waals surface area (Å²) in [4.78, 5) is 34.8. The van der Waals surface area contributed by atoms with Crippen LogP contribution in [0.5, 0.6) is 0 Å². The van der Waals surface area contributed by atoms with E-state index >= 15 is 0 Å². The molecule has 6 nitrogen and oxygen atoms in total. The molecule has 0 radical (unpaired) electrons. The molecule has 0 aliphatic carbocycles. The summed E-state index contributed by atoms with van der Waals surface area (Å²) in [5.41, 5.74) is 0.392.